The van der Waals surface area contributed by atoms with Crippen LogP contribution in [0.2, 0.25) is 0 Å². The molecule has 0 atom stereocenters. The third-order valence-corrected chi connectivity index (χ3v) is 2.78. The SMILES string of the molecule is Nc1cn(-c2c([N+](=O)[O-])cc3n[nH]nc3c2[N+](=O)[O-])cn1. The maximum Gasteiger partial charge on any atom is 0.329 e. The number of H-pyrrole nitrogens is 1. The molecule has 3 rings (SSSR count). The number of aromatic nitrogens is 5. The second-order valence-corrected chi connectivity index (χ2v) is 4.00. The van der Waals surface area contributed by atoms with Crippen molar-refractivity contribution < 1.29 is 9.85 Å². The van der Waals surface area contributed by atoms with Gasteiger partial charge in [0.05, 0.1) is 16.0 Å². The molecule has 0 saturated carbocycles. The first kappa shape index (κ1) is 12.5. The minimum absolute atomic E-state index is 0.0187. The maximum absolute atomic E-state index is 11.3. The van der Waals surface area contributed by atoms with E-state index in [1.165, 1.54) is 6.20 Å². The molecule has 0 radical (unpaired) electrons. The largest absolute Gasteiger partial charge is 0.382 e. The highest BCUT2D eigenvalue weighted by molar-refractivity contribution is 5.92. The molecule has 3 N–H and O–H groups in total. The van der Waals surface area contributed by atoms with Gasteiger partial charge in [0.1, 0.15) is 17.7 Å². The predicted octanol–water partition coefficient (Wildman–Crippen LogP) is 0.542. The number of imidazole rings is 1. The molecule has 0 bridgehead atoms. The van der Waals surface area contributed by atoms with E-state index in [4.69, 9.17) is 5.73 Å². The Morgan fingerprint density at radius 1 is 1.24 bits per heavy atom. The van der Waals surface area contributed by atoms with Gasteiger partial charge in [-0.25, -0.2) is 4.98 Å². The lowest BCUT2D eigenvalue weighted by Gasteiger charge is -2.04. The van der Waals surface area contributed by atoms with E-state index in [2.05, 4.69) is 20.4 Å². The van der Waals surface area contributed by atoms with E-state index >= 15 is 0 Å². The molecule has 1 aromatic carbocycles. The normalized spacial score (nSPS) is 10.9. The number of nitrogens with one attached hydrogen (secondary N) is 1. The lowest BCUT2D eigenvalue weighted by molar-refractivity contribution is -0.392. The highest BCUT2D eigenvalue weighted by Crippen LogP contribution is 2.37. The Balaban J connectivity index is 2.48. The molecule has 106 valence electrons. The molecule has 0 aliphatic carbocycles. The van der Waals surface area contributed by atoms with Gasteiger partial charge in [-0.2, -0.15) is 10.3 Å². The third kappa shape index (κ3) is 1.81. The zero-order valence-corrected chi connectivity index (χ0v) is 10.1. The molecule has 0 amide bonds. The Bertz CT molecular complexity index is 881. The molecule has 3 aromatic rings. The fraction of sp³-hybridized carbons (Fsp3) is 0. The van der Waals surface area contributed by atoms with Gasteiger partial charge in [-0.15, -0.1) is 5.10 Å². The van der Waals surface area contributed by atoms with Gasteiger partial charge in [-0.1, -0.05) is 0 Å². The molecule has 0 aliphatic heterocycles. The second-order valence-electron chi connectivity index (χ2n) is 4.00. The Morgan fingerprint density at radius 2 is 2.00 bits per heavy atom. The monoisotopic (exact) mass is 290 g/mol. The standard InChI is InChI=1S/C9H6N8O4/c10-6-2-15(3-11-6)8-5(16(18)19)1-4-7(13-14-12-4)9(8)17(20)21/h1-3H,10H2,(H,12,13,14). The fourth-order valence-corrected chi connectivity index (χ4v) is 1.97. The van der Waals surface area contributed by atoms with Crippen LogP contribution < -0.4 is 5.73 Å². The van der Waals surface area contributed by atoms with Crippen LogP contribution in [0.3, 0.4) is 0 Å². The van der Waals surface area contributed by atoms with Crippen LogP contribution >= 0.6 is 0 Å². The number of benzene rings is 1. The number of aromatic amines is 1. The lowest BCUT2D eigenvalue weighted by Crippen LogP contribution is -2.04. The highest BCUT2D eigenvalue weighted by atomic mass is 16.6. The summed E-state index contributed by atoms with van der Waals surface area (Å²) in [5, 5.41) is 32.1. The summed E-state index contributed by atoms with van der Waals surface area (Å²) in [5.41, 5.74) is 4.05. The molecule has 0 spiro atoms. The van der Waals surface area contributed by atoms with Crippen molar-refractivity contribution in [2.45, 2.75) is 0 Å². The molecule has 0 saturated heterocycles. The van der Waals surface area contributed by atoms with Crippen molar-refractivity contribution in [2.24, 2.45) is 0 Å². The number of nitrogen functional groups attached to an aromatic ring is 1. The van der Waals surface area contributed by atoms with Gasteiger partial charge in [0, 0.05) is 6.07 Å². The summed E-state index contributed by atoms with van der Waals surface area (Å²) >= 11 is 0. The van der Waals surface area contributed by atoms with E-state index in [0.717, 1.165) is 17.0 Å². The number of fused-ring (bicyclic) bond motifs is 1. The minimum Gasteiger partial charge on any atom is -0.382 e. The predicted molar refractivity (Wildman–Crippen MR) is 68.7 cm³/mol. The summed E-state index contributed by atoms with van der Waals surface area (Å²) in [6.45, 7) is 0. The molecule has 12 heteroatoms. The van der Waals surface area contributed by atoms with Gasteiger partial charge >= 0.3 is 11.4 Å². The molecule has 0 unspecified atom stereocenters. The van der Waals surface area contributed by atoms with Crippen molar-refractivity contribution in [3.8, 4) is 5.69 Å². The van der Waals surface area contributed by atoms with E-state index in [0.29, 0.717) is 0 Å². The number of hydrogen-bond donors (Lipinski definition) is 2. The van der Waals surface area contributed by atoms with Crippen LogP contribution in [0.1, 0.15) is 0 Å². The Kier molecular flexibility index (Phi) is 2.51. The van der Waals surface area contributed by atoms with Crippen LogP contribution in [0.5, 0.6) is 0 Å². The van der Waals surface area contributed by atoms with Crippen molar-refractivity contribution in [3.05, 3.63) is 38.8 Å². The number of nitrogens with zero attached hydrogens (tertiary/aromatic N) is 6. The number of rotatable bonds is 3. The van der Waals surface area contributed by atoms with Crippen LogP contribution in [-0.4, -0.2) is 34.8 Å². The van der Waals surface area contributed by atoms with Gasteiger partial charge in [0.2, 0.25) is 5.69 Å². The van der Waals surface area contributed by atoms with Gasteiger partial charge in [-0.3, -0.25) is 24.8 Å². The highest BCUT2D eigenvalue weighted by Gasteiger charge is 2.32. The number of nitro groups is 2. The van der Waals surface area contributed by atoms with Crippen molar-refractivity contribution in [1.82, 2.24) is 25.0 Å². The van der Waals surface area contributed by atoms with E-state index in [1.54, 1.807) is 0 Å². The van der Waals surface area contributed by atoms with Crippen LogP contribution in [-0.2, 0) is 0 Å². The van der Waals surface area contributed by atoms with Crippen LogP contribution in [0.4, 0.5) is 17.2 Å². The zero-order chi connectivity index (χ0) is 15.1. The molecular weight excluding hydrogens is 284 g/mol. The van der Waals surface area contributed by atoms with Crippen molar-refractivity contribution >= 4 is 28.2 Å². The molecule has 0 fully saturated rings. The number of nitro benzene ring substituents is 2. The average molecular weight is 290 g/mol. The van der Waals surface area contributed by atoms with Crippen molar-refractivity contribution in [2.75, 3.05) is 5.73 Å². The van der Waals surface area contributed by atoms with E-state index in [1.807, 2.05) is 0 Å². The summed E-state index contributed by atoms with van der Waals surface area (Å²) in [6, 6.07) is 1.09. The molecule has 21 heavy (non-hydrogen) atoms. The van der Waals surface area contributed by atoms with Gasteiger partial charge in [0.15, 0.2) is 5.52 Å². The van der Waals surface area contributed by atoms with Crippen LogP contribution in [0.25, 0.3) is 16.7 Å². The van der Waals surface area contributed by atoms with Crippen LogP contribution in [0, 0.1) is 20.2 Å². The number of anilines is 1. The van der Waals surface area contributed by atoms with Crippen molar-refractivity contribution in [3.63, 3.8) is 0 Å². The summed E-state index contributed by atoms with van der Waals surface area (Å²) in [4.78, 5) is 24.7. The second kappa shape index (κ2) is 4.22. The third-order valence-electron chi connectivity index (χ3n) is 2.78. The summed E-state index contributed by atoms with van der Waals surface area (Å²) in [7, 11) is 0. The number of nitrogens with two attached hydrogens (primary N) is 1. The maximum atomic E-state index is 11.3. The Hall–Kier alpha value is -3.57. The first-order chi connectivity index (χ1) is 9.99. The Morgan fingerprint density at radius 3 is 2.57 bits per heavy atom. The van der Waals surface area contributed by atoms with E-state index < -0.39 is 21.2 Å². The van der Waals surface area contributed by atoms with Crippen molar-refractivity contribution in [1.29, 1.82) is 0 Å². The average Bonchev–Trinajstić information content (AvgIpc) is 3.03. The fourth-order valence-electron chi connectivity index (χ4n) is 1.97. The summed E-state index contributed by atoms with van der Waals surface area (Å²) in [6.07, 6.45) is 2.39. The minimum atomic E-state index is -0.761. The van der Waals surface area contributed by atoms with Gasteiger partial charge in [-0.05, 0) is 0 Å². The van der Waals surface area contributed by atoms with Crippen LogP contribution in [0.15, 0.2) is 18.6 Å². The quantitative estimate of drug-likeness (QED) is 0.519. The number of hydrogen-bond acceptors (Lipinski definition) is 8. The van der Waals surface area contributed by atoms with Gasteiger partial charge < -0.3 is 5.73 Å². The van der Waals surface area contributed by atoms with Gasteiger partial charge in [0.25, 0.3) is 0 Å². The smallest absolute Gasteiger partial charge is 0.329 e. The molecule has 2 aromatic heterocycles. The molecule has 0 aliphatic rings. The first-order valence-electron chi connectivity index (χ1n) is 5.45. The lowest BCUT2D eigenvalue weighted by atomic mass is 10.2. The molecule has 2 heterocycles. The molecule has 12 nitrogen and oxygen atoms in total. The van der Waals surface area contributed by atoms with E-state index in [-0.39, 0.29) is 22.5 Å². The van der Waals surface area contributed by atoms with E-state index in [9.17, 15) is 20.2 Å². The Labute approximate surface area is 114 Å². The summed E-state index contributed by atoms with van der Waals surface area (Å²) in [5.74, 6) is 0.0684. The molecular formula is C9H6N8O4. The topological polar surface area (TPSA) is 172 Å². The first-order valence-corrected chi connectivity index (χ1v) is 5.45. The zero-order valence-electron chi connectivity index (χ0n) is 10.1. The summed E-state index contributed by atoms with van der Waals surface area (Å²) < 4.78 is 1.11.